The smallest absolute Gasteiger partial charge is 0.258 e. The number of nitro groups is 2. The Morgan fingerprint density at radius 2 is 1.14 bits per heavy atom. The standard InChI is InChI=1S/C16H12N2O4/c19-17(20)15-9-3-7-13(11-15)5-1-2-6-14-8-4-10-16(12-14)18(21)22/h1-12H/b5-1+,6-2+. The molecule has 2 aromatic rings. The van der Waals surface area contributed by atoms with Crippen molar-refractivity contribution in [1.29, 1.82) is 0 Å². The summed E-state index contributed by atoms with van der Waals surface area (Å²) in [7, 11) is 0. The van der Waals surface area contributed by atoms with Crippen molar-refractivity contribution in [1.82, 2.24) is 0 Å². The molecule has 0 bridgehead atoms. The molecule has 0 heterocycles. The van der Waals surface area contributed by atoms with Crippen molar-refractivity contribution in [3.63, 3.8) is 0 Å². The van der Waals surface area contributed by atoms with E-state index in [4.69, 9.17) is 0 Å². The number of nitro benzene ring substituents is 2. The summed E-state index contributed by atoms with van der Waals surface area (Å²) in [5, 5.41) is 21.3. The van der Waals surface area contributed by atoms with Gasteiger partial charge in [-0.2, -0.15) is 0 Å². The number of hydrogen-bond acceptors (Lipinski definition) is 4. The van der Waals surface area contributed by atoms with Gasteiger partial charge in [0.2, 0.25) is 0 Å². The molecule has 0 saturated carbocycles. The fourth-order valence-electron chi connectivity index (χ4n) is 1.82. The van der Waals surface area contributed by atoms with Gasteiger partial charge in [0.25, 0.3) is 11.4 Å². The van der Waals surface area contributed by atoms with Gasteiger partial charge in [-0.1, -0.05) is 48.6 Å². The SMILES string of the molecule is O=[N+]([O-])c1cccc(/C=C/C=C/c2cccc([N+](=O)[O-])c2)c1. The average Bonchev–Trinajstić information content (AvgIpc) is 2.52. The summed E-state index contributed by atoms with van der Waals surface area (Å²) in [5.74, 6) is 0. The molecule has 110 valence electrons. The maximum absolute atomic E-state index is 10.7. The molecule has 6 nitrogen and oxygen atoms in total. The molecule has 0 amide bonds. The zero-order chi connectivity index (χ0) is 15.9. The predicted molar refractivity (Wildman–Crippen MR) is 84.3 cm³/mol. The molecule has 0 radical (unpaired) electrons. The van der Waals surface area contributed by atoms with Crippen LogP contribution < -0.4 is 0 Å². The van der Waals surface area contributed by atoms with E-state index in [0.29, 0.717) is 11.1 Å². The molecule has 6 heteroatoms. The van der Waals surface area contributed by atoms with E-state index in [-0.39, 0.29) is 11.4 Å². The Bertz CT molecular complexity index is 701. The summed E-state index contributed by atoms with van der Waals surface area (Å²) in [6, 6.07) is 12.5. The van der Waals surface area contributed by atoms with Crippen molar-refractivity contribution in [3.8, 4) is 0 Å². The third-order valence-electron chi connectivity index (χ3n) is 2.85. The van der Waals surface area contributed by atoms with Crippen LogP contribution in [0.3, 0.4) is 0 Å². The summed E-state index contributed by atoms with van der Waals surface area (Å²) in [5.41, 5.74) is 1.48. The van der Waals surface area contributed by atoms with Gasteiger partial charge in [0.15, 0.2) is 0 Å². The molecule has 2 aromatic carbocycles. The van der Waals surface area contributed by atoms with E-state index in [1.54, 1.807) is 48.6 Å². The minimum Gasteiger partial charge on any atom is -0.258 e. The van der Waals surface area contributed by atoms with Crippen LogP contribution in [-0.4, -0.2) is 9.85 Å². The lowest BCUT2D eigenvalue weighted by Crippen LogP contribution is -1.87. The van der Waals surface area contributed by atoms with E-state index in [9.17, 15) is 20.2 Å². The van der Waals surface area contributed by atoms with Crippen molar-refractivity contribution < 1.29 is 9.85 Å². The second-order valence-electron chi connectivity index (χ2n) is 4.42. The largest absolute Gasteiger partial charge is 0.270 e. The van der Waals surface area contributed by atoms with Crippen LogP contribution in [-0.2, 0) is 0 Å². The first kappa shape index (κ1) is 15.1. The summed E-state index contributed by atoms with van der Waals surface area (Å²) in [4.78, 5) is 20.4. The third kappa shape index (κ3) is 4.11. The van der Waals surface area contributed by atoms with Crippen LogP contribution >= 0.6 is 0 Å². The van der Waals surface area contributed by atoms with E-state index in [2.05, 4.69) is 0 Å². The van der Waals surface area contributed by atoms with Gasteiger partial charge < -0.3 is 0 Å². The van der Waals surface area contributed by atoms with Crippen LogP contribution in [0.4, 0.5) is 11.4 Å². The van der Waals surface area contributed by atoms with E-state index in [1.807, 2.05) is 0 Å². The highest BCUT2D eigenvalue weighted by atomic mass is 16.6. The Hall–Kier alpha value is -3.28. The molecule has 22 heavy (non-hydrogen) atoms. The Balaban J connectivity index is 2.09. The first-order chi connectivity index (χ1) is 10.6. The maximum Gasteiger partial charge on any atom is 0.270 e. The summed E-state index contributed by atoms with van der Waals surface area (Å²) in [6.07, 6.45) is 6.89. The fraction of sp³-hybridized carbons (Fsp3) is 0. The van der Waals surface area contributed by atoms with Crippen molar-refractivity contribution in [2.45, 2.75) is 0 Å². The fourth-order valence-corrected chi connectivity index (χ4v) is 1.82. The molecule has 0 saturated heterocycles. The Labute approximate surface area is 126 Å². The zero-order valence-corrected chi connectivity index (χ0v) is 11.5. The Morgan fingerprint density at radius 1 is 0.727 bits per heavy atom. The summed E-state index contributed by atoms with van der Waals surface area (Å²) in [6.45, 7) is 0. The molecule has 0 fully saturated rings. The molecular weight excluding hydrogens is 284 g/mol. The lowest BCUT2D eigenvalue weighted by atomic mass is 10.1. The van der Waals surface area contributed by atoms with Crippen molar-refractivity contribution >= 4 is 23.5 Å². The van der Waals surface area contributed by atoms with Crippen LogP contribution in [0.1, 0.15) is 11.1 Å². The highest BCUT2D eigenvalue weighted by Crippen LogP contribution is 2.15. The van der Waals surface area contributed by atoms with Crippen molar-refractivity contribution in [2.75, 3.05) is 0 Å². The first-order valence-electron chi connectivity index (χ1n) is 6.40. The van der Waals surface area contributed by atoms with E-state index in [0.717, 1.165) is 0 Å². The van der Waals surface area contributed by atoms with Gasteiger partial charge in [0, 0.05) is 24.3 Å². The molecule has 0 N–H and O–H groups in total. The third-order valence-corrected chi connectivity index (χ3v) is 2.85. The van der Waals surface area contributed by atoms with Crippen molar-refractivity contribution in [2.24, 2.45) is 0 Å². The van der Waals surface area contributed by atoms with Crippen LogP contribution in [0.5, 0.6) is 0 Å². The monoisotopic (exact) mass is 296 g/mol. The van der Waals surface area contributed by atoms with Crippen LogP contribution in [0.15, 0.2) is 60.7 Å². The van der Waals surface area contributed by atoms with Crippen LogP contribution in [0.25, 0.3) is 12.2 Å². The molecule has 0 aliphatic heterocycles. The maximum atomic E-state index is 10.7. The van der Waals surface area contributed by atoms with Gasteiger partial charge in [-0.3, -0.25) is 20.2 Å². The molecule has 2 rings (SSSR count). The average molecular weight is 296 g/mol. The molecule has 0 spiro atoms. The molecular formula is C16H12N2O4. The minimum atomic E-state index is -0.448. The van der Waals surface area contributed by atoms with Gasteiger partial charge in [-0.05, 0) is 11.1 Å². The highest BCUT2D eigenvalue weighted by Gasteiger charge is 2.04. The van der Waals surface area contributed by atoms with E-state index < -0.39 is 9.85 Å². The molecule has 0 aliphatic rings. The van der Waals surface area contributed by atoms with Crippen LogP contribution in [0.2, 0.25) is 0 Å². The lowest BCUT2D eigenvalue weighted by molar-refractivity contribution is -0.385. The van der Waals surface area contributed by atoms with Gasteiger partial charge in [0.1, 0.15) is 0 Å². The number of nitrogens with zero attached hydrogens (tertiary/aromatic N) is 2. The second-order valence-corrected chi connectivity index (χ2v) is 4.42. The minimum absolute atomic E-state index is 0.0322. The van der Waals surface area contributed by atoms with Gasteiger partial charge in [0.05, 0.1) is 9.85 Å². The second kappa shape index (κ2) is 6.94. The highest BCUT2D eigenvalue weighted by molar-refractivity contribution is 5.59. The molecule has 0 aliphatic carbocycles. The Kier molecular flexibility index (Phi) is 4.77. The topological polar surface area (TPSA) is 86.3 Å². The number of non-ortho nitro benzene ring substituents is 2. The first-order valence-corrected chi connectivity index (χ1v) is 6.40. The van der Waals surface area contributed by atoms with Gasteiger partial charge in [-0.15, -0.1) is 0 Å². The zero-order valence-electron chi connectivity index (χ0n) is 11.5. The summed E-state index contributed by atoms with van der Waals surface area (Å²) >= 11 is 0. The quantitative estimate of drug-likeness (QED) is 0.469. The number of hydrogen-bond donors (Lipinski definition) is 0. The summed E-state index contributed by atoms with van der Waals surface area (Å²) < 4.78 is 0. The lowest BCUT2D eigenvalue weighted by Gasteiger charge is -1.94. The van der Waals surface area contributed by atoms with Gasteiger partial charge >= 0.3 is 0 Å². The number of benzene rings is 2. The normalized spacial score (nSPS) is 11.1. The van der Waals surface area contributed by atoms with E-state index >= 15 is 0 Å². The molecule has 0 atom stereocenters. The van der Waals surface area contributed by atoms with Crippen LogP contribution in [0, 0.1) is 20.2 Å². The number of rotatable bonds is 5. The number of allylic oxidation sites excluding steroid dienone is 2. The van der Waals surface area contributed by atoms with E-state index in [1.165, 1.54) is 24.3 Å². The Morgan fingerprint density at radius 3 is 1.50 bits per heavy atom. The van der Waals surface area contributed by atoms with Crippen molar-refractivity contribution in [3.05, 3.63) is 92.0 Å². The molecule has 0 unspecified atom stereocenters. The predicted octanol–water partition coefficient (Wildman–Crippen LogP) is 4.23. The van der Waals surface area contributed by atoms with Gasteiger partial charge in [-0.25, -0.2) is 0 Å². The molecule has 0 aromatic heterocycles.